The van der Waals surface area contributed by atoms with Gasteiger partial charge in [0.05, 0.1) is 12.8 Å². The summed E-state index contributed by atoms with van der Waals surface area (Å²) >= 11 is 0. The van der Waals surface area contributed by atoms with Crippen molar-refractivity contribution in [3.63, 3.8) is 0 Å². The van der Waals surface area contributed by atoms with E-state index in [4.69, 9.17) is 0 Å². The first-order valence-corrected chi connectivity index (χ1v) is 5.24. The molecule has 12 heavy (non-hydrogen) atoms. The summed E-state index contributed by atoms with van der Waals surface area (Å²) in [6.45, 7) is 0.829. The normalized spacial score (nSPS) is 11.8. The van der Waals surface area contributed by atoms with Gasteiger partial charge in [-0.05, 0) is 0 Å². The standard InChI is InChI=1S/C5H10N4O2S/c1-12(10,11)8-2-3-9-5-6-4-7-9/h4-5,8H,2-3H2,1H3. The van der Waals surface area contributed by atoms with E-state index in [0.717, 1.165) is 6.26 Å². The molecule has 0 saturated carbocycles. The zero-order valence-corrected chi connectivity index (χ0v) is 7.45. The Kier molecular flexibility index (Phi) is 2.77. The first kappa shape index (κ1) is 9.14. The van der Waals surface area contributed by atoms with Gasteiger partial charge in [0.25, 0.3) is 0 Å². The molecule has 0 bridgehead atoms. The van der Waals surface area contributed by atoms with Gasteiger partial charge >= 0.3 is 0 Å². The molecule has 0 spiro atoms. The minimum atomic E-state index is -3.09. The highest BCUT2D eigenvalue weighted by molar-refractivity contribution is 7.88. The smallest absolute Gasteiger partial charge is 0.208 e. The van der Waals surface area contributed by atoms with Gasteiger partial charge in [-0.15, -0.1) is 0 Å². The van der Waals surface area contributed by atoms with Crippen LogP contribution >= 0.6 is 0 Å². The summed E-state index contributed by atoms with van der Waals surface area (Å²) in [4.78, 5) is 3.71. The Morgan fingerprint density at radius 1 is 1.58 bits per heavy atom. The van der Waals surface area contributed by atoms with Crippen molar-refractivity contribution in [2.45, 2.75) is 6.54 Å². The molecule has 1 aromatic heterocycles. The maximum atomic E-state index is 10.6. The summed E-state index contributed by atoms with van der Waals surface area (Å²) in [6, 6.07) is 0. The molecule has 7 heteroatoms. The first-order valence-electron chi connectivity index (χ1n) is 3.35. The average molecular weight is 190 g/mol. The minimum absolute atomic E-state index is 0.336. The van der Waals surface area contributed by atoms with Gasteiger partial charge in [-0.25, -0.2) is 18.1 Å². The zero-order valence-electron chi connectivity index (χ0n) is 6.64. The third kappa shape index (κ3) is 3.44. The van der Waals surface area contributed by atoms with Crippen LogP contribution in [0.25, 0.3) is 0 Å². The maximum absolute atomic E-state index is 10.6. The van der Waals surface area contributed by atoms with Crippen LogP contribution in [0, 0.1) is 0 Å². The molecule has 0 amide bonds. The van der Waals surface area contributed by atoms with Gasteiger partial charge < -0.3 is 0 Å². The second-order valence-electron chi connectivity index (χ2n) is 2.33. The summed E-state index contributed by atoms with van der Waals surface area (Å²) < 4.78 is 25.1. The molecule has 0 radical (unpaired) electrons. The van der Waals surface area contributed by atoms with Crippen molar-refractivity contribution < 1.29 is 8.42 Å². The predicted molar refractivity (Wildman–Crippen MR) is 42.9 cm³/mol. The molecule has 68 valence electrons. The Labute approximate surface area is 70.7 Å². The van der Waals surface area contributed by atoms with Crippen LogP contribution in [0.5, 0.6) is 0 Å². The fraction of sp³-hybridized carbons (Fsp3) is 0.600. The second kappa shape index (κ2) is 3.63. The van der Waals surface area contributed by atoms with E-state index >= 15 is 0 Å². The monoisotopic (exact) mass is 190 g/mol. The van der Waals surface area contributed by atoms with Crippen LogP contribution < -0.4 is 4.72 Å². The summed E-state index contributed by atoms with van der Waals surface area (Å²) in [7, 11) is -3.09. The van der Waals surface area contributed by atoms with Crippen molar-refractivity contribution in [1.29, 1.82) is 0 Å². The van der Waals surface area contributed by atoms with Crippen LogP contribution in [0.3, 0.4) is 0 Å². The Balaban J connectivity index is 2.29. The summed E-state index contributed by atoms with van der Waals surface area (Å²) in [5.74, 6) is 0. The number of rotatable bonds is 4. The molecular formula is C5H10N4O2S. The molecular weight excluding hydrogens is 180 g/mol. The van der Waals surface area contributed by atoms with E-state index in [1.165, 1.54) is 12.7 Å². The third-order valence-electron chi connectivity index (χ3n) is 1.17. The van der Waals surface area contributed by atoms with Gasteiger partial charge in [0.1, 0.15) is 12.7 Å². The molecule has 1 aromatic rings. The Morgan fingerprint density at radius 3 is 2.83 bits per heavy atom. The molecule has 0 aliphatic rings. The maximum Gasteiger partial charge on any atom is 0.208 e. The van der Waals surface area contributed by atoms with Crippen LogP contribution in [0.1, 0.15) is 0 Å². The lowest BCUT2D eigenvalue weighted by Gasteiger charge is -2.00. The van der Waals surface area contributed by atoms with Gasteiger partial charge in [-0.2, -0.15) is 5.10 Å². The van der Waals surface area contributed by atoms with Gasteiger partial charge in [0, 0.05) is 6.54 Å². The highest BCUT2D eigenvalue weighted by atomic mass is 32.2. The van der Waals surface area contributed by atoms with Crippen molar-refractivity contribution in [2.75, 3.05) is 12.8 Å². The summed E-state index contributed by atoms with van der Waals surface area (Å²) in [6.07, 6.45) is 4.05. The summed E-state index contributed by atoms with van der Waals surface area (Å²) in [5.41, 5.74) is 0. The number of hydrogen-bond donors (Lipinski definition) is 1. The van der Waals surface area contributed by atoms with Gasteiger partial charge in [0.2, 0.25) is 10.0 Å². The van der Waals surface area contributed by atoms with Crippen molar-refractivity contribution in [2.24, 2.45) is 0 Å². The van der Waals surface area contributed by atoms with E-state index in [9.17, 15) is 8.42 Å². The van der Waals surface area contributed by atoms with E-state index in [1.807, 2.05) is 0 Å². The molecule has 0 aliphatic heterocycles. The molecule has 0 saturated heterocycles. The highest BCUT2D eigenvalue weighted by Gasteiger charge is 1.98. The Hall–Kier alpha value is -0.950. The molecule has 0 aliphatic carbocycles. The molecule has 0 unspecified atom stereocenters. The lowest BCUT2D eigenvalue weighted by Crippen LogP contribution is -2.26. The van der Waals surface area contributed by atoms with Gasteiger partial charge in [0.15, 0.2) is 0 Å². The fourth-order valence-electron chi connectivity index (χ4n) is 0.694. The molecule has 0 fully saturated rings. The van der Waals surface area contributed by atoms with Crippen molar-refractivity contribution >= 4 is 10.0 Å². The zero-order chi connectivity index (χ0) is 9.03. The van der Waals surface area contributed by atoms with Crippen LogP contribution in [0.2, 0.25) is 0 Å². The molecule has 1 heterocycles. The molecule has 0 aromatic carbocycles. The molecule has 6 nitrogen and oxygen atoms in total. The largest absolute Gasteiger partial charge is 0.252 e. The number of sulfonamides is 1. The number of nitrogens with zero attached hydrogens (tertiary/aromatic N) is 3. The Bertz CT molecular complexity index is 317. The molecule has 0 atom stereocenters. The fourth-order valence-corrected chi connectivity index (χ4v) is 1.16. The number of nitrogens with one attached hydrogen (secondary N) is 1. The predicted octanol–water partition coefficient (Wildman–Crippen LogP) is -1.17. The van der Waals surface area contributed by atoms with Crippen LogP contribution in [0.15, 0.2) is 12.7 Å². The first-order chi connectivity index (χ1) is 5.58. The van der Waals surface area contributed by atoms with Crippen LogP contribution in [-0.2, 0) is 16.6 Å². The van der Waals surface area contributed by atoms with E-state index < -0.39 is 10.0 Å². The SMILES string of the molecule is CS(=O)(=O)NCCn1cncn1. The van der Waals surface area contributed by atoms with E-state index in [-0.39, 0.29) is 0 Å². The molecule has 1 N–H and O–H groups in total. The highest BCUT2D eigenvalue weighted by Crippen LogP contribution is 1.79. The van der Waals surface area contributed by atoms with Crippen molar-refractivity contribution in [3.05, 3.63) is 12.7 Å². The van der Waals surface area contributed by atoms with Crippen LogP contribution in [0.4, 0.5) is 0 Å². The van der Waals surface area contributed by atoms with E-state index in [2.05, 4.69) is 14.8 Å². The summed E-state index contributed by atoms with van der Waals surface area (Å²) in [5, 5.41) is 3.81. The van der Waals surface area contributed by atoms with Gasteiger partial charge in [-0.3, -0.25) is 4.68 Å². The quantitative estimate of drug-likeness (QED) is 0.649. The lowest BCUT2D eigenvalue weighted by molar-refractivity contribution is 0.565. The number of hydrogen-bond acceptors (Lipinski definition) is 4. The molecule has 1 rings (SSSR count). The Morgan fingerprint density at radius 2 is 2.33 bits per heavy atom. The topological polar surface area (TPSA) is 76.9 Å². The van der Waals surface area contributed by atoms with E-state index in [1.54, 1.807) is 4.68 Å². The number of aromatic nitrogens is 3. The van der Waals surface area contributed by atoms with Crippen molar-refractivity contribution in [3.8, 4) is 0 Å². The lowest BCUT2D eigenvalue weighted by atomic mass is 10.7. The average Bonchev–Trinajstić information content (AvgIpc) is 2.36. The van der Waals surface area contributed by atoms with Crippen molar-refractivity contribution in [1.82, 2.24) is 19.5 Å². The minimum Gasteiger partial charge on any atom is -0.252 e. The third-order valence-corrected chi connectivity index (χ3v) is 1.90. The van der Waals surface area contributed by atoms with Gasteiger partial charge in [-0.1, -0.05) is 0 Å². The van der Waals surface area contributed by atoms with Crippen LogP contribution in [-0.4, -0.2) is 36.0 Å². The second-order valence-corrected chi connectivity index (χ2v) is 4.16. The van der Waals surface area contributed by atoms with E-state index in [0.29, 0.717) is 13.1 Å².